The van der Waals surface area contributed by atoms with E-state index in [4.69, 9.17) is 11.6 Å². The van der Waals surface area contributed by atoms with Crippen LogP contribution in [0.2, 0.25) is 5.02 Å². The number of fused-ring (bicyclic) bond motifs is 1. The molecule has 2 N–H and O–H groups in total. The minimum absolute atomic E-state index is 0.0686. The number of halogens is 3. The van der Waals surface area contributed by atoms with Crippen LogP contribution in [0.4, 0.5) is 13.9 Å². The third kappa shape index (κ3) is 5.16. The van der Waals surface area contributed by atoms with Crippen LogP contribution in [-0.2, 0) is 21.2 Å². The van der Waals surface area contributed by atoms with Gasteiger partial charge in [-0.3, -0.25) is 4.79 Å². The molecule has 2 aliphatic rings. The average molecular weight is 582 g/mol. The van der Waals surface area contributed by atoms with E-state index in [0.717, 1.165) is 10.4 Å². The lowest BCUT2D eigenvalue weighted by Gasteiger charge is -2.25. The Balaban J connectivity index is 1.41. The van der Waals surface area contributed by atoms with Crippen molar-refractivity contribution in [1.82, 2.24) is 9.71 Å². The molecule has 5 rings (SSSR count). The molecule has 1 aliphatic carbocycles. The number of aromatic nitrogens is 1. The third-order valence-corrected chi connectivity index (χ3v) is 9.50. The highest BCUT2D eigenvalue weighted by Gasteiger charge is 2.53. The number of hydrogen-bond acceptors (Lipinski definition) is 6. The number of ether oxygens (including phenoxy) is 2. The second-order valence-corrected chi connectivity index (χ2v) is 13.7. The summed E-state index contributed by atoms with van der Waals surface area (Å²) in [5.74, 6) is -0.454. The Morgan fingerprint density at radius 1 is 1.16 bits per heavy atom. The van der Waals surface area contributed by atoms with E-state index in [1.54, 1.807) is 12.1 Å². The minimum atomic E-state index is -3.72. The summed E-state index contributed by atoms with van der Waals surface area (Å²) in [6, 6.07) is 11.2. The van der Waals surface area contributed by atoms with Gasteiger partial charge in [0.15, 0.2) is 16.6 Å². The maximum absolute atomic E-state index is 13.5. The quantitative estimate of drug-likeness (QED) is 0.345. The molecular formula is C26H26ClF2N3O4S2. The lowest BCUT2D eigenvalue weighted by Crippen LogP contribution is -2.36. The topological polar surface area (TPSA) is 89.6 Å². The number of benzene rings is 2. The normalized spacial score (nSPS) is 18.6. The number of thiazole rings is 1. The molecule has 12 heteroatoms. The van der Waals surface area contributed by atoms with Crippen molar-refractivity contribution in [2.24, 2.45) is 0 Å². The zero-order valence-electron chi connectivity index (χ0n) is 21.1. The van der Waals surface area contributed by atoms with E-state index in [-0.39, 0.29) is 17.4 Å². The molecule has 0 spiro atoms. The van der Waals surface area contributed by atoms with Crippen molar-refractivity contribution >= 4 is 45.0 Å². The van der Waals surface area contributed by atoms with Gasteiger partial charge < -0.3 is 14.8 Å². The van der Waals surface area contributed by atoms with Gasteiger partial charge in [0.25, 0.3) is 0 Å². The fourth-order valence-corrected chi connectivity index (χ4v) is 6.38. The Bertz CT molecular complexity index is 1440. The van der Waals surface area contributed by atoms with E-state index >= 15 is 0 Å². The second-order valence-electron chi connectivity index (χ2n) is 10.3. The first-order valence-corrected chi connectivity index (χ1v) is 14.3. The highest BCUT2D eigenvalue weighted by atomic mass is 35.5. The highest BCUT2D eigenvalue weighted by molar-refractivity contribution is 7.84. The van der Waals surface area contributed by atoms with Crippen LogP contribution in [0.5, 0.6) is 11.5 Å². The van der Waals surface area contributed by atoms with Gasteiger partial charge in [0.2, 0.25) is 5.91 Å². The molecule has 1 aliphatic heterocycles. The largest absolute Gasteiger partial charge is 0.586 e. The molecule has 2 atom stereocenters. The smallest absolute Gasteiger partial charge is 0.395 e. The average Bonchev–Trinajstić information content (AvgIpc) is 3.47. The number of hydrogen-bond donors (Lipinski definition) is 2. The zero-order chi connectivity index (χ0) is 27.5. The summed E-state index contributed by atoms with van der Waals surface area (Å²) in [5, 5.41) is 3.79. The van der Waals surface area contributed by atoms with Gasteiger partial charge in [-0.15, -0.1) is 8.78 Å². The van der Waals surface area contributed by atoms with E-state index in [1.807, 2.05) is 45.9 Å². The molecule has 0 saturated heterocycles. The van der Waals surface area contributed by atoms with Crippen molar-refractivity contribution in [3.8, 4) is 11.5 Å². The van der Waals surface area contributed by atoms with Crippen molar-refractivity contribution in [3.05, 3.63) is 69.2 Å². The van der Waals surface area contributed by atoms with Crippen molar-refractivity contribution in [2.75, 3.05) is 5.32 Å². The van der Waals surface area contributed by atoms with E-state index in [0.29, 0.717) is 34.3 Å². The molecule has 2 aromatic carbocycles. The monoisotopic (exact) mass is 581 g/mol. The molecule has 0 radical (unpaired) electrons. The molecule has 1 aromatic heterocycles. The molecule has 3 aromatic rings. The van der Waals surface area contributed by atoms with Crippen molar-refractivity contribution in [1.29, 1.82) is 0 Å². The number of nitrogens with zero attached hydrogens (tertiary/aromatic N) is 1. The van der Waals surface area contributed by atoms with Crippen LogP contribution in [0.3, 0.4) is 0 Å². The maximum Gasteiger partial charge on any atom is 0.586 e. The van der Waals surface area contributed by atoms with Gasteiger partial charge in [0.05, 0.1) is 37.8 Å². The van der Waals surface area contributed by atoms with Crippen LogP contribution in [0.25, 0.3) is 0 Å². The van der Waals surface area contributed by atoms with Crippen LogP contribution in [0, 0.1) is 6.92 Å². The highest BCUT2D eigenvalue weighted by Crippen LogP contribution is 2.52. The first-order chi connectivity index (χ1) is 17.8. The summed E-state index contributed by atoms with van der Waals surface area (Å²) in [5.41, 5.74) is 1.10. The number of nitrogens with one attached hydrogen (secondary N) is 2. The number of rotatable bonds is 7. The Hall–Kier alpha value is -2.60. The van der Waals surface area contributed by atoms with Gasteiger partial charge in [-0.25, -0.2) is 13.9 Å². The number of alkyl halides is 2. The van der Waals surface area contributed by atoms with E-state index in [2.05, 4.69) is 24.5 Å². The zero-order valence-corrected chi connectivity index (χ0v) is 23.5. The van der Waals surface area contributed by atoms with Crippen LogP contribution < -0.4 is 19.5 Å². The Morgan fingerprint density at radius 2 is 1.84 bits per heavy atom. The Labute approximate surface area is 230 Å². The summed E-state index contributed by atoms with van der Waals surface area (Å²) in [7, 11) is -1.41. The standard InChI is InChI=1S/C26H26ClF2N3O4S2/c1-14-21(20(32-38(34)24(2,3)4)16-7-5-6-8-17(16)27)37-23(30-14)31-22(33)25(11-12-25)15-9-10-18-19(13-15)36-26(28,29)35-18/h5-10,13,20,32H,11-12H2,1-4H3,(H,30,31,33). The van der Waals surface area contributed by atoms with Gasteiger partial charge >= 0.3 is 6.29 Å². The first-order valence-electron chi connectivity index (χ1n) is 11.9. The molecule has 38 heavy (non-hydrogen) atoms. The summed E-state index contributed by atoms with van der Waals surface area (Å²) < 4.78 is 51.7. The van der Waals surface area contributed by atoms with Crippen LogP contribution in [-0.4, -0.2) is 26.1 Å². The first kappa shape index (κ1) is 27.0. The molecule has 1 saturated carbocycles. The predicted molar refractivity (Wildman–Crippen MR) is 143 cm³/mol. The second kappa shape index (κ2) is 9.55. The molecule has 1 amide bonds. The van der Waals surface area contributed by atoms with Gasteiger partial charge in [-0.2, -0.15) is 0 Å². The van der Waals surface area contributed by atoms with Gasteiger partial charge in [0.1, 0.15) is 0 Å². The molecule has 202 valence electrons. The summed E-state index contributed by atoms with van der Waals surface area (Å²) >= 11 is 7.78. The fourth-order valence-electron chi connectivity index (χ4n) is 4.22. The lowest BCUT2D eigenvalue weighted by molar-refractivity contribution is -0.286. The molecule has 7 nitrogen and oxygen atoms in total. The number of anilines is 1. The number of carbonyl (C=O) groups excluding carboxylic acids is 1. The maximum atomic E-state index is 13.5. The summed E-state index contributed by atoms with van der Waals surface area (Å²) in [4.78, 5) is 18.7. The number of carbonyl (C=O) groups is 1. The molecular weight excluding hydrogens is 556 g/mol. The van der Waals surface area contributed by atoms with Crippen LogP contribution in [0.1, 0.15) is 61.4 Å². The van der Waals surface area contributed by atoms with Gasteiger partial charge in [0, 0.05) is 5.02 Å². The van der Waals surface area contributed by atoms with Crippen LogP contribution >= 0.6 is 22.9 Å². The SMILES string of the molecule is Cc1nc(NC(=O)C2(c3ccc4c(c3)OC(F)(F)O4)CC2)sc1C(NS(=O)C(C)(C)C)c1ccccc1Cl. The molecule has 2 heterocycles. The van der Waals surface area contributed by atoms with Crippen molar-refractivity contribution < 1.29 is 27.3 Å². The lowest BCUT2D eigenvalue weighted by atomic mass is 9.94. The molecule has 1 fully saturated rings. The third-order valence-electron chi connectivity index (χ3n) is 6.45. The molecule has 2 unspecified atom stereocenters. The number of aryl methyl sites for hydroxylation is 1. The Morgan fingerprint density at radius 3 is 2.50 bits per heavy atom. The molecule has 0 bridgehead atoms. The minimum Gasteiger partial charge on any atom is -0.395 e. The van der Waals surface area contributed by atoms with Crippen molar-refractivity contribution in [2.45, 2.75) is 63.0 Å². The predicted octanol–water partition coefficient (Wildman–Crippen LogP) is 6.24. The van der Waals surface area contributed by atoms with E-state index in [1.165, 1.54) is 23.5 Å². The van der Waals surface area contributed by atoms with Crippen molar-refractivity contribution in [3.63, 3.8) is 0 Å². The van der Waals surface area contributed by atoms with Gasteiger partial charge in [-0.05, 0) is 69.9 Å². The van der Waals surface area contributed by atoms with E-state index < -0.39 is 33.5 Å². The van der Waals surface area contributed by atoms with Crippen LogP contribution in [0.15, 0.2) is 42.5 Å². The summed E-state index contributed by atoms with van der Waals surface area (Å²) in [6.45, 7) is 7.43. The fraction of sp³-hybridized carbons (Fsp3) is 0.385. The summed E-state index contributed by atoms with van der Waals surface area (Å²) in [6.07, 6.45) is -2.61. The number of amides is 1. The van der Waals surface area contributed by atoms with E-state index in [9.17, 15) is 17.8 Å². The van der Waals surface area contributed by atoms with Gasteiger partial charge in [-0.1, -0.05) is 47.2 Å². The Kier molecular flexibility index (Phi) is 6.78.